The van der Waals surface area contributed by atoms with Crippen LogP contribution >= 0.6 is 0 Å². The van der Waals surface area contributed by atoms with E-state index >= 15 is 0 Å². The van der Waals surface area contributed by atoms with Crippen LogP contribution in [0.15, 0.2) is 28.8 Å². The van der Waals surface area contributed by atoms with Crippen molar-refractivity contribution in [1.29, 1.82) is 5.26 Å². The molecule has 0 saturated carbocycles. The smallest absolute Gasteiger partial charge is 0.232 e. The van der Waals surface area contributed by atoms with E-state index in [2.05, 4.69) is 21.1 Å². The van der Waals surface area contributed by atoms with Gasteiger partial charge in [-0.1, -0.05) is 17.3 Å². The fourth-order valence-electron chi connectivity index (χ4n) is 3.97. The van der Waals surface area contributed by atoms with Crippen molar-refractivity contribution < 1.29 is 14.1 Å². The molecular formula is C22H27N5O3. The van der Waals surface area contributed by atoms with Crippen molar-refractivity contribution in [3.63, 3.8) is 0 Å². The Hall–Kier alpha value is -2.76. The van der Waals surface area contributed by atoms with Crippen molar-refractivity contribution in [2.75, 3.05) is 39.9 Å². The highest BCUT2D eigenvalue weighted by Crippen LogP contribution is 2.27. The van der Waals surface area contributed by atoms with Crippen LogP contribution in [0.3, 0.4) is 0 Å². The first-order valence-electron chi connectivity index (χ1n) is 10.5. The Kier molecular flexibility index (Phi) is 6.41. The van der Waals surface area contributed by atoms with Crippen molar-refractivity contribution in [1.82, 2.24) is 19.9 Å². The molecular weight excluding hydrogens is 382 g/mol. The standard InChI is InChI=1S/C22H27N5O3/c1-26(22(28)18-7-10-29-11-8-18)9-6-20-24-21(30-25-20)19-14-27(15-19)13-17-4-2-16(12-23)3-5-17/h2-5,18-19H,6-11,13-15H2,1H3. The molecule has 4 rings (SSSR count). The lowest BCUT2D eigenvalue weighted by Crippen LogP contribution is -2.44. The maximum absolute atomic E-state index is 12.5. The summed E-state index contributed by atoms with van der Waals surface area (Å²) in [7, 11) is 1.84. The Labute approximate surface area is 176 Å². The molecule has 2 aromatic rings. The molecule has 2 fully saturated rings. The van der Waals surface area contributed by atoms with E-state index in [1.54, 1.807) is 4.90 Å². The van der Waals surface area contributed by atoms with Gasteiger partial charge in [-0.3, -0.25) is 9.69 Å². The summed E-state index contributed by atoms with van der Waals surface area (Å²) in [5.41, 5.74) is 1.87. The third-order valence-corrected chi connectivity index (χ3v) is 5.90. The number of aromatic nitrogens is 2. The second kappa shape index (κ2) is 9.37. The lowest BCUT2D eigenvalue weighted by Gasteiger charge is -2.37. The normalized spacial score (nSPS) is 18.0. The van der Waals surface area contributed by atoms with Gasteiger partial charge in [0.2, 0.25) is 11.8 Å². The van der Waals surface area contributed by atoms with E-state index in [-0.39, 0.29) is 17.7 Å². The molecule has 0 radical (unpaired) electrons. The molecule has 3 heterocycles. The fraction of sp³-hybridized carbons (Fsp3) is 0.545. The fourth-order valence-corrected chi connectivity index (χ4v) is 3.97. The van der Waals surface area contributed by atoms with Crippen LogP contribution in [0.2, 0.25) is 0 Å². The van der Waals surface area contributed by atoms with E-state index in [1.165, 1.54) is 5.56 Å². The van der Waals surface area contributed by atoms with Crippen molar-refractivity contribution in [3.8, 4) is 6.07 Å². The number of benzene rings is 1. The van der Waals surface area contributed by atoms with Gasteiger partial charge in [-0.05, 0) is 30.5 Å². The van der Waals surface area contributed by atoms with Crippen LogP contribution in [0, 0.1) is 17.2 Å². The largest absolute Gasteiger partial charge is 0.381 e. The Morgan fingerprint density at radius 1 is 1.27 bits per heavy atom. The van der Waals surface area contributed by atoms with E-state index in [9.17, 15) is 4.79 Å². The van der Waals surface area contributed by atoms with Crippen LogP contribution in [0.4, 0.5) is 0 Å². The van der Waals surface area contributed by atoms with Crippen molar-refractivity contribution in [2.45, 2.75) is 31.7 Å². The van der Waals surface area contributed by atoms with Gasteiger partial charge in [-0.2, -0.15) is 10.2 Å². The number of amides is 1. The third kappa shape index (κ3) is 4.86. The van der Waals surface area contributed by atoms with E-state index in [0.717, 1.165) is 32.5 Å². The molecule has 1 aromatic heterocycles. The van der Waals surface area contributed by atoms with Gasteiger partial charge in [0.15, 0.2) is 5.82 Å². The van der Waals surface area contributed by atoms with Crippen LogP contribution in [-0.2, 0) is 22.5 Å². The summed E-state index contributed by atoms with van der Waals surface area (Å²) in [5, 5.41) is 13.0. The summed E-state index contributed by atoms with van der Waals surface area (Å²) in [6.45, 7) is 4.53. The molecule has 1 aromatic carbocycles. The van der Waals surface area contributed by atoms with Gasteiger partial charge >= 0.3 is 0 Å². The predicted molar refractivity (Wildman–Crippen MR) is 108 cm³/mol. The van der Waals surface area contributed by atoms with Gasteiger partial charge in [-0.15, -0.1) is 0 Å². The molecule has 0 atom stereocenters. The highest BCUT2D eigenvalue weighted by atomic mass is 16.5. The second-order valence-corrected chi connectivity index (χ2v) is 8.15. The molecule has 0 spiro atoms. The van der Waals surface area contributed by atoms with Crippen LogP contribution < -0.4 is 0 Å². The maximum atomic E-state index is 12.5. The molecule has 8 nitrogen and oxygen atoms in total. The zero-order valence-corrected chi connectivity index (χ0v) is 17.3. The average molecular weight is 409 g/mol. The van der Waals surface area contributed by atoms with Crippen molar-refractivity contribution in [3.05, 3.63) is 47.1 Å². The number of likely N-dealkylation sites (N-methyl/N-ethyl adjacent to an activating group) is 1. The van der Waals surface area contributed by atoms with Gasteiger partial charge in [0, 0.05) is 58.8 Å². The van der Waals surface area contributed by atoms with E-state index in [1.807, 2.05) is 31.3 Å². The van der Waals surface area contributed by atoms with Gasteiger partial charge in [0.25, 0.3) is 0 Å². The van der Waals surface area contributed by atoms with E-state index in [0.29, 0.717) is 43.5 Å². The number of hydrogen-bond acceptors (Lipinski definition) is 7. The molecule has 2 aliphatic rings. The zero-order valence-electron chi connectivity index (χ0n) is 17.3. The van der Waals surface area contributed by atoms with Crippen molar-refractivity contribution in [2.24, 2.45) is 5.92 Å². The SMILES string of the molecule is CN(CCc1noc(C2CN(Cc3ccc(C#N)cc3)C2)n1)C(=O)C1CCOCC1. The number of carbonyl (C=O) groups is 1. The second-order valence-electron chi connectivity index (χ2n) is 8.15. The molecule has 1 amide bonds. The minimum Gasteiger partial charge on any atom is -0.381 e. The number of nitrogens with zero attached hydrogens (tertiary/aromatic N) is 5. The molecule has 0 N–H and O–H groups in total. The minimum absolute atomic E-state index is 0.0710. The monoisotopic (exact) mass is 409 g/mol. The quantitative estimate of drug-likeness (QED) is 0.690. The summed E-state index contributed by atoms with van der Waals surface area (Å²) in [6, 6.07) is 9.82. The summed E-state index contributed by atoms with van der Waals surface area (Å²) < 4.78 is 10.8. The molecule has 8 heteroatoms. The first-order valence-corrected chi connectivity index (χ1v) is 10.5. The number of ether oxygens (including phenoxy) is 1. The van der Waals surface area contributed by atoms with Gasteiger partial charge in [-0.25, -0.2) is 0 Å². The van der Waals surface area contributed by atoms with Crippen LogP contribution in [0.25, 0.3) is 0 Å². The minimum atomic E-state index is 0.0710. The van der Waals surface area contributed by atoms with Gasteiger partial charge in [0.05, 0.1) is 17.6 Å². The Balaban J connectivity index is 1.21. The van der Waals surface area contributed by atoms with Gasteiger partial charge < -0.3 is 14.2 Å². The predicted octanol–water partition coefficient (Wildman–Crippen LogP) is 1.97. The molecule has 2 saturated heterocycles. The molecule has 30 heavy (non-hydrogen) atoms. The van der Waals surface area contributed by atoms with Crippen LogP contribution in [-0.4, -0.2) is 65.7 Å². The molecule has 2 aliphatic heterocycles. The lowest BCUT2D eigenvalue weighted by atomic mass is 9.99. The summed E-state index contributed by atoms with van der Waals surface area (Å²) in [4.78, 5) is 21.1. The maximum Gasteiger partial charge on any atom is 0.232 e. The molecule has 0 bridgehead atoms. The topological polar surface area (TPSA) is 95.5 Å². The average Bonchev–Trinajstić information content (AvgIpc) is 3.23. The number of hydrogen-bond donors (Lipinski definition) is 0. The number of nitriles is 1. The number of carbonyl (C=O) groups excluding carboxylic acids is 1. The van der Waals surface area contributed by atoms with E-state index in [4.69, 9.17) is 14.5 Å². The highest BCUT2D eigenvalue weighted by Gasteiger charge is 2.32. The molecule has 158 valence electrons. The first-order chi connectivity index (χ1) is 14.6. The lowest BCUT2D eigenvalue weighted by molar-refractivity contribution is -0.137. The third-order valence-electron chi connectivity index (χ3n) is 5.90. The highest BCUT2D eigenvalue weighted by molar-refractivity contribution is 5.78. The first kappa shape index (κ1) is 20.5. The molecule has 0 aliphatic carbocycles. The number of rotatable bonds is 7. The van der Waals surface area contributed by atoms with E-state index < -0.39 is 0 Å². The Morgan fingerprint density at radius 3 is 2.70 bits per heavy atom. The Bertz CT molecular complexity index is 892. The summed E-state index contributed by atoms with van der Waals surface area (Å²) >= 11 is 0. The molecule has 0 unspecified atom stereocenters. The summed E-state index contributed by atoms with van der Waals surface area (Å²) in [6.07, 6.45) is 2.20. The van der Waals surface area contributed by atoms with Crippen LogP contribution in [0.5, 0.6) is 0 Å². The van der Waals surface area contributed by atoms with Crippen LogP contribution in [0.1, 0.15) is 41.6 Å². The summed E-state index contributed by atoms with van der Waals surface area (Å²) in [5.74, 6) is 1.84. The number of likely N-dealkylation sites (tertiary alicyclic amines) is 1. The Morgan fingerprint density at radius 2 is 2.00 bits per heavy atom. The van der Waals surface area contributed by atoms with Crippen molar-refractivity contribution >= 4 is 5.91 Å². The zero-order chi connectivity index (χ0) is 20.9. The van der Waals surface area contributed by atoms with Gasteiger partial charge in [0.1, 0.15) is 0 Å².